The second-order valence-electron chi connectivity index (χ2n) is 5.42. The minimum absolute atomic E-state index is 0.153. The quantitative estimate of drug-likeness (QED) is 0.505. The first-order valence-corrected chi connectivity index (χ1v) is 8.22. The summed E-state index contributed by atoms with van der Waals surface area (Å²) in [6, 6.07) is 0. The van der Waals surface area contributed by atoms with Gasteiger partial charge >= 0.3 is 11.9 Å². The number of ether oxygens (including phenoxy) is 2. The molecule has 1 aliphatic rings. The molecule has 0 saturated heterocycles. The van der Waals surface area contributed by atoms with Gasteiger partial charge in [-0.05, 0) is 45.4 Å². The third-order valence-electron chi connectivity index (χ3n) is 3.89. The molecule has 21 heavy (non-hydrogen) atoms. The molecular weight excluding hydrogens is 268 g/mol. The van der Waals surface area contributed by atoms with Crippen molar-refractivity contribution in [2.24, 2.45) is 5.92 Å². The molecule has 0 heterocycles. The SMILES string of the molecule is CCCCC(C(=O)OCC)=C(C(=O)OCC)C1CCCC1. The highest BCUT2D eigenvalue weighted by Gasteiger charge is 2.31. The molecule has 4 nitrogen and oxygen atoms in total. The van der Waals surface area contributed by atoms with E-state index in [9.17, 15) is 9.59 Å². The summed E-state index contributed by atoms with van der Waals surface area (Å²) in [6.45, 7) is 6.31. The summed E-state index contributed by atoms with van der Waals surface area (Å²) in [5.41, 5.74) is 1.13. The molecule has 1 saturated carbocycles. The summed E-state index contributed by atoms with van der Waals surface area (Å²) < 4.78 is 10.4. The number of carbonyl (C=O) groups is 2. The van der Waals surface area contributed by atoms with Gasteiger partial charge in [-0.2, -0.15) is 0 Å². The topological polar surface area (TPSA) is 52.6 Å². The Morgan fingerprint density at radius 1 is 0.952 bits per heavy atom. The predicted octanol–water partition coefficient (Wildman–Crippen LogP) is 3.79. The first kappa shape index (κ1) is 17.7. The van der Waals surface area contributed by atoms with Crippen LogP contribution in [0.5, 0.6) is 0 Å². The minimum Gasteiger partial charge on any atom is -0.463 e. The monoisotopic (exact) mass is 296 g/mol. The maximum Gasteiger partial charge on any atom is 0.334 e. The molecule has 0 radical (unpaired) electrons. The zero-order valence-electron chi connectivity index (χ0n) is 13.6. The van der Waals surface area contributed by atoms with Crippen LogP contribution >= 0.6 is 0 Å². The lowest BCUT2D eigenvalue weighted by Gasteiger charge is -2.18. The van der Waals surface area contributed by atoms with E-state index in [1.165, 1.54) is 0 Å². The highest BCUT2D eigenvalue weighted by Crippen LogP contribution is 2.35. The average Bonchev–Trinajstić information content (AvgIpc) is 2.97. The molecule has 4 heteroatoms. The zero-order chi connectivity index (χ0) is 15.7. The molecule has 0 aromatic heterocycles. The summed E-state index contributed by atoms with van der Waals surface area (Å²) in [4.78, 5) is 24.6. The van der Waals surface area contributed by atoms with Gasteiger partial charge in [-0.3, -0.25) is 0 Å². The Bertz CT molecular complexity index is 378. The molecule has 0 aliphatic heterocycles. The van der Waals surface area contributed by atoms with Crippen LogP contribution in [0, 0.1) is 5.92 Å². The van der Waals surface area contributed by atoms with Crippen LogP contribution < -0.4 is 0 Å². The van der Waals surface area contributed by atoms with E-state index in [0.717, 1.165) is 38.5 Å². The van der Waals surface area contributed by atoms with Crippen molar-refractivity contribution in [3.8, 4) is 0 Å². The second-order valence-corrected chi connectivity index (χ2v) is 5.42. The average molecular weight is 296 g/mol. The van der Waals surface area contributed by atoms with Gasteiger partial charge < -0.3 is 9.47 Å². The van der Waals surface area contributed by atoms with E-state index in [2.05, 4.69) is 6.92 Å². The number of unbranched alkanes of at least 4 members (excludes halogenated alkanes) is 1. The van der Waals surface area contributed by atoms with E-state index in [0.29, 0.717) is 30.8 Å². The molecule has 0 aromatic carbocycles. The fraction of sp³-hybridized carbons (Fsp3) is 0.765. The maximum absolute atomic E-state index is 12.4. The van der Waals surface area contributed by atoms with Gasteiger partial charge in [0.25, 0.3) is 0 Å². The molecule has 1 rings (SSSR count). The Labute approximate surface area is 127 Å². The standard InChI is InChI=1S/C17H28O4/c1-4-7-12-14(16(18)20-5-2)15(17(19)21-6-3)13-10-8-9-11-13/h13H,4-12H2,1-3H3. The first-order chi connectivity index (χ1) is 10.2. The molecule has 120 valence electrons. The van der Waals surface area contributed by atoms with Gasteiger partial charge in [0, 0.05) is 5.57 Å². The van der Waals surface area contributed by atoms with E-state index in [1.54, 1.807) is 13.8 Å². The lowest BCUT2D eigenvalue weighted by atomic mass is 9.90. The van der Waals surface area contributed by atoms with Crippen LogP contribution in [0.2, 0.25) is 0 Å². The number of hydrogen-bond donors (Lipinski definition) is 0. The first-order valence-electron chi connectivity index (χ1n) is 8.22. The molecular formula is C17H28O4. The lowest BCUT2D eigenvalue weighted by molar-refractivity contribution is -0.142. The van der Waals surface area contributed by atoms with E-state index in [4.69, 9.17) is 9.47 Å². The van der Waals surface area contributed by atoms with Gasteiger partial charge in [0.05, 0.1) is 18.8 Å². The normalized spacial score (nSPS) is 16.5. The molecule has 1 fully saturated rings. The number of carbonyl (C=O) groups excluding carboxylic acids is 2. The summed E-state index contributed by atoms with van der Waals surface area (Å²) in [5, 5.41) is 0. The summed E-state index contributed by atoms with van der Waals surface area (Å²) >= 11 is 0. The van der Waals surface area contributed by atoms with Crippen molar-refractivity contribution < 1.29 is 19.1 Å². The van der Waals surface area contributed by atoms with Gasteiger partial charge in [0.2, 0.25) is 0 Å². The van der Waals surface area contributed by atoms with Crippen molar-refractivity contribution in [1.82, 2.24) is 0 Å². The summed E-state index contributed by atoms with van der Waals surface area (Å²) in [7, 11) is 0. The highest BCUT2D eigenvalue weighted by molar-refractivity contribution is 6.00. The van der Waals surface area contributed by atoms with Crippen molar-refractivity contribution in [1.29, 1.82) is 0 Å². The molecule has 0 unspecified atom stereocenters. The van der Waals surface area contributed by atoms with Gasteiger partial charge in [0.15, 0.2) is 0 Å². The van der Waals surface area contributed by atoms with E-state index in [-0.39, 0.29) is 17.9 Å². The fourth-order valence-corrected chi connectivity index (χ4v) is 2.88. The number of esters is 2. The Morgan fingerprint density at radius 2 is 1.52 bits per heavy atom. The molecule has 0 spiro atoms. The zero-order valence-corrected chi connectivity index (χ0v) is 13.6. The van der Waals surface area contributed by atoms with Crippen molar-refractivity contribution in [2.75, 3.05) is 13.2 Å². The maximum atomic E-state index is 12.4. The Kier molecular flexibility index (Phi) is 8.09. The van der Waals surface area contributed by atoms with E-state index < -0.39 is 0 Å². The van der Waals surface area contributed by atoms with Crippen LogP contribution in [0.1, 0.15) is 65.7 Å². The molecule has 0 amide bonds. The van der Waals surface area contributed by atoms with Gasteiger partial charge in [-0.25, -0.2) is 9.59 Å². The van der Waals surface area contributed by atoms with Crippen LogP contribution in [0.3, 0.4) is 0 Å². The number of rotatable bonds is 8. The molecule has 0 bridgehead atoms. The molecule has 1 aliphatic carbocycles. The van der Waals surface area contributed by atoms with E-state index in [1.807, 2.05) is 0 Å². The second kappa shape index (κ2) is 9.59. The Balaban J connectivity index is 3.13. The van der Waals surface area contributed by atoms with Crippen molar-refractivity contribution in [3.05, 3.63) is 11.1 Å². The smallest absolute Gasteiger partial charge is 0.334 e. The molecule has 0 atom stereocenters. The highest BCUT2D eigenvalue weighted by atomic mass is 16.5. The predicted molar refractivity (Wildman–Crippen MR) is 81.8 cm³/mol. The third kappa shape index (κ3) is 5.18. The van der Waals surface area contributed by atoms with E-state index >= 15 is 0 Å². The van der Waals surface area contributed by atoms with Crippen LogP contribution in [0.15, 0.2) is 11.1 Å². The molecule has 0 N–H and O–H groups in total. The van der Waals surface area contributed by atoms with Crippen LogP contribution in [0.4, 0.5) is 0 Å². The Morgan fingerprint density at radius 3 is 2.05 bits per heavy atom. The largest absolute Gasteiger partial charge is 0.463 e. The van der Waals surface area contributed by atoms with Gasteiger partial charge in [-0.15, -0.1) is 0 Å². The summed E-state index contributed by atoms with van der Waals surface area (Å²) in [6.07, 6.45) is 6.59. The van der Waals surface area contributed by atoms with Crippen molar-refractivity contribution in [3.63, 3.8) is 0 Å². The Hall–Kier alpha value is -1.32. The van der Waals surface area contributed by atoms with Crippen LogP contribution in [-0.2, 0) is 19.1 Å². The minimum atomic E-state index is -0.346. The van der Waals surface area contributed by atoms with Gasteiger partial charge in [-0.1, -0.05) is 26.2 Å². The van der Waals surface area contributed by atoms with Gasteiger partial charge in [0.1, 0.15) is 0 Å². The third-order valence-corrected chi connectivity index (χ3v) is 3.89. The lowest BCUT2D eigenvalue weighted by Crippen LogP contribution is -2.21. The van der Waals surface area contributed by atoms with Crippen LogP contribution in [0.25, 0.3) is 0 Å². The van der Waals surface area contributed by atoms with Crippen molar-refractivity contribution in [2.45, 2.75) is 65.7 Å². The van der Waals surface area contributed by atoms with Crippen molar-refractivity contribution >= 4 is 11.9 Å². The summed E-state index contributed by atoms with van der Waals surface area (Å²) in [5.74, 6) is -0.523. The number of hydrogen-bond acceptors (Lipinski definition) is 4. The fourth-order valence-electron chi connectivity index (χ4n) is 2.88. The van der Waals surface area contributed by atoms with Crippen LogP contribution in [-0.4, -0.2) is 25.2 Å². The molecule has 0 aromatic rings.